The van der Waals surface area contributed by atoms with Gasteiger partial charge in [-0.15, -0.1) is 13.2 Å². The van der Waals surface area contributed by atoms with Gasteiger partial charge in [-0.1, -0.05) is 32.9 Å². The van der Waals surface area contributed by atoms with E-state index in [9.17, 15) is 13.2 Å². The van der Waals surface area contributed by atoms with E-state index >= 15 is 0 Å². The number of likely N-dealkylation sites (tertiary alicyclic amines) is 1. The zero-order valence-corrected chi connectivity index (χ0v) is 21.3. The van der Waals surface area contributed by atoms with Gasteiger partial charge in [0.1, 0.15) is 18.1 Å². The number of ether oxygens (including phenoxy) is 2. The number of benzene rings is 2. The van der Waals surface area contributed by atoms with Crippen LogP contribution in [0.25, 0.3) is 0 Å². The van der Waals surface area contributed by atoms with Crippen LogP contribution in [0.2, 0.25) is 0 Å². The number of nitrogens with zero attached hydrogens (tertiary/aromatic N) is 2. The molecule has 1 atom stereocenters. The van der Waals surface area contributed by atoms with Gasteiger partial charge < -0.3 is 25.4 Å². The number of aliphatic imine (C=N–C) groups is 1. The van der Waals surface area contributed by atoms with Gasteiger partial charge in [0.25, 0.3) is 0 Å². The fraction of sp³-hybridized carbons (Fsp3) is 0.519. The van der Waals surface area contributed by atoms with Crippen molar-refractivity contribution in [2.75, 3.05) is 19.6 Å². The van der Waals surface area contributed by atoms with E-state index in [4.69, 9.17) is 15.5 Å². The number of nitrogens with one attached hydrogen (secondary N) is 1. The van der Waals surface area contributed by atoms with Crippen molar-refractivity contribution in [2.45, 2.75) is 65.5 Å². The standard InChI is InChI=1S/C27H37F3N4O2/c1-4-22-9-5-6-15-34(22)25(32-19-26(2,3)18-31)33-21-11-13-23(14-12-21)35-17-20-8-7-10-24(16-20)36-27(28,29)30/h7-8,10-14,16,22H,4-6,9,15,17-19,31H2,1-3H3,(H,32,33). The molecule has 1 heterocycles. The van der Waals surface area contributed by atoms with Gasteiger partial charge in [-0.3, -0.25) is 0 Å². The van der Waals surface area contributed by atoms with E-state index in [2.05, 4.69) is 35.7 Å². The minimum absolute atomic E-state index is 0.0571. The molecule has 1 fully saturated rings. The van der Waals surface area contributed by atoms with Gasteiger partial charge in [-0.25, -0.2) is 4.99 Å². The number of piperidine rings is 1. The first-order chi connectivity index (χ1) is 17.1. The Labute approximate surface area is 211 Å². The van der Waals surface area contributed by atoms with E-state index in [0.29, 0.717) is 30.4 Å². The molecule has 1 unspecified atom stereocenters. The molecule has 0 spiro atoms. The summed E-state index contributed by atoms with van der Waals surface area (Å²) in [6, 6.07) is 13.6. The third-order valence-electron chi connectivity index (χ3n) is 6.26. The second kappa shape index (κ2) is 12.3. The fourth-order valence-corrected chi connectivity index (χ4v) is 4.04. The molecule has 0 aromatic heterocycles. The summed E-state index contributed by atoms with van der Waals surface area (Å²) < 4.78 is 47.1. The Balaban J connectivity index is 1.70. The topological polar surface area (TPSA) is 72.1 Å². The van der Waals surface area contributed by atoms with E-state index in [1.54, 1.807) is 6.07 Å². The monoisotopic (exact) mass is 506 g/mol. The number of rotatable bonds is 9. The summed E-state index contributed by atoms with van der Waals surface area (Å²) in [6.45, 7) is 8.83. The number of hydrogen-bond acceptors (Lipinski definition) is 4. The van der Waals surface area contributed by atoms with Crippen LogP contribution in [-0.4, -0.2) is 42.9 Å². The Bertz CT molecular complexity index is 993. The molecule has 198 valence electrons. The average Bonchev–Trinajstić information content (AvgIpc) is 2.85. The highest BCUT2D eigenvalue weighted by molar-refractivity contribution is 5.83. The summed E-state index contributed by atoms with van der Waals surface area (Å²) in [5, 5.41) is 3.55. The van der Waals surface area contributed by atoms with Crippen LogP contribution in [-0.2, 0) is 6.61 Å². The van der Waals surface area contributed by atoms with Gasteiger partial charge in [0, 0.05) is 19.1 Å². The van der Waals surface area contributed by atoms with Gasteiger partial charge in [0.2, 0.25) is 0 Å². The lowest BCUT2D eigenvalue weighted by molar-refractivity contribution is -0.274. The number of hydrogen-bond donors (Lipinski definition) is 2. The first kappa shape index (κ1) is 27.6. The molecule has 6 nitrogen and oxygen atoms in total. The Morgan fingerprint density at radius 3 is 2.53 bits per heavy atom. The first-order valence-electron chi connectivity index (χ1n) is 12.5. The summed E-state index contributed by atoms with van der Waals surface area (Å²) in [5.41, 5.74) is 7.24. The molecule has 0 bridgehead atoms. The van der Waals surface area contributed by atoms with Crippen LogP contribution in [0.3, 0.4) is 0 Å². The van der Waals surface area contributed by atoms with Crippen molar-refractivity contribution in [3.63, 3.8) is 0 Å². The van der Waals surface area contributed by atoms with Crippen LogP contribution < -0.4 is 20.5 Å². The molecule has 3 N–H and O–H groups in total. The fourth-order valence-electron chi connectivity index (χ4n) is 4.04. The van der Waals surface area contributed by atoms with Crippen LogP contribution in [0.4, 0.5) is 18.9 Å². The molecular weight excluding hydrogens is 469 g/mol. The summed E-state index contributed by atoms with van der Waals surface area (Å²) in [7, 11) is 0. The van der Waals surface area contributed by atoms with Gasteiger partial charge in [-0.2, -0.15) is 0 Å². The van der Waals surface area contributed by atoms with Crippen molar-refractivity contribution in [3.8, 4) is 11.5 Å². The van der Waals surface area contributed by atoms with E-state index in [1.165, 1.54) is 24.6 Å². The number of alkyl halides is 3. The Morgan fingerprint density at radius 1 is 1.11 bits per heavy atom. The van der Waals surface area contributed by atoms with Crippen molar-refractivity contribution in [1.82, 2.24) is 10.2 Å². The molecule has 9 heteroatoms. The maximum atomic E-state index is 12.5. The molecule has 0 amide bonds. The summed E-state index contributed by atoms with van der Waals surface area (Å²) in [5.74, 6) is 1.19. The van der Waals surface area contributed by atoms with Crippen LogP contribution in [0, 0.1) is 5.41 Å². The highest BCUT2D eigenvalue weighted by Gasteiger charge is 2.31. The molecule has 0 aliphatic carbocycles. The maximum Gasteiger partial charge on any atom is 0.573 e. The number of halogens is 3. The lowest BCUT2D eigenvalue weighted by atomic mass is 9.94. The molecule has 2 aromatic rings. The van der Waals surface area contributed by atoms with Crippen molar-refractivity contribution in [3.05, 3.63) is 54.1 Å². The highest BCUT2D eigenvalue weighted by atomic mass is 19.4. The predicted molar refractivity (Wildman–Crippen MR) is 136 cm³/mol. The number of guanidine groups is 1. The van der Waals surface area contributed by atoms with Crippen LogP contribution >= 0.6 is 0 Å². The second-order valence-electron chi connectivity index (χ2n) is 9.89. The van der Waals surface area contributed by atoms with Gasteiger partial charge >= 0.3 is 6.36 Å². The zero-order valence-electron chi connectivity index (χ0n) is 21.3. The zero-order chi connectivity index (χ0) is 26.2. The minimum atomic E-state index is -4.73. The second-order valence-corrected chi connectivity index (χ2v) is 9.89. The summed E-state index contributed by atoms with van der Waals surface area (Å²) in [4.78, 5) is 7.31. The minimum Gasteiger partial charge on any atom is -0.489 e. The molecule has 1 aliphatic heterocycles. The molecule has 0 radical (unpaired) electrons. The van der Waals surface area contributed by atoms with Crippen molar-refractivity contribution < 1.29 is 22.6 Å². The molecule has 3 rings (SSSR count). The van der Waals surface area contributed by atoms with E-state index in [-0.39, 0.29) is 17.8 Å². The average molecular weight is 507 g/mol. The molecule has 2 aromatic carbocycles. The van der Waals surface area contributed by atoms with Gasteiger partial charge in [-0.05, 0) is 79.6 Å². The van der Waals surface area contributed by atoms with Crippen LogP contribution in [0.5, 0.6) is 11.5 Å². The van der Waals surface area contributed by atoms with Crippen molar-refractivity contribution in [1.29, 1.82) is 0 Å². The normalized spacial score (nSPS) is 17.1. The summed E-state index contributed by atoms with van der Waals surface area (Å²) in [6.07, 6.45) is -0.148. The van der Waals surface area contributed by atoms with Gasteiger partial charge in [0.15, 0.2) is 5.96 Å². The molecule has 1 saturated heterocycles. The van der Waals surface area contributed by atoms with E-state index in [0.717, 1.165) is 37.5 Å². The highest BCUT2D eigenvalue weighted by Crippen LogP contribution is 2.26. The van der Waals surface area contributed by atoms with E-state index in [1.807, 2.05) is 24.3 Å². The Hall–Kier alpha value is -2.94. The smallest absolute Gasteiger partial charge is 0.489 e. The lowest BCUT2D eigenvalue weighted by Crippen LogP contribution is -2.51. The Morgan fingerprint density at radius 2 is 1.86 bits per heavy atom. The number of nitrogens with two attached hydrogens (primary N) is 1. The third kappa shape index (κ3) is 8.62. The quantitative estimate of drug-likeness (QED) is 0.323. The van der Waals surface area contributed by atoms with Crippen molar-refractivity contribution >= 4 is 11.6 Å². The third-order valence-corrected chi connectivity index (χ3v) is 6.26. The van der Waals surface area contributed by atoms with Crippen LogP contribution in [0.1, 0.15) is 52.0 Å². The molecule has 36 heavy (non-hydrogen) atoms. The van der Waals surface area contributed by atoms with Crippen LogP contribution in [0.15, 0.2) is 53.5 Å². The predicted octanol–water partition coefficient (Wildman–Crippen LogP) is 5.99. The molecule has 0 saturated carbocycles. The lowest BCUT2D eigenvalue weighted by Gasteiger charge is -2.38. The van der Waals surface area contributed by atoms with Gasteiger partial charge in [0.05, 0.1) is 5.69 Å². The largest absolute Gasteiger partial charge is 0.573 e. The van der Waals surface area contributed by atoms with Crippen molar-refractivity contribution in [2.24, 2.45) is 16.1 Å². The molecular formula is C27H37F3N4O2. The molecule has 1 aliphatic rings. The SMILES string of the molecule is CCC1CCCCN1C(=Nc1ccc(OCc2cccc(OC(F)(F)F)c2)cc1)NCC(C)(C)CN. The van der Waals surface area contributed by atoms with E-state index < -0.39 is 6.36 Å². The summed E-state index contributed by atoms with van der Waals surface area (Å²) >= 11 is 0. The Kier molecular flexibility index (Phi) is 9.48. The first-order valence-corrected chi connectivity index (χ1v) is 12.5. The maximum absolute atomic E-state index is 12.5.